The Hall–Kier alpha value is -2.56. The van der Waals surface area contributed by atoms with E-state index >= 15 is 0 Å². The van der Waals surface area contributed by atoms with Crippen LogP contribution in [0, 0.1) is 0 Å². The van der Waals surface area contributed by atoms with Gasteiger partial charge >= 0.3 is 5.97 Å². The summed E-state index contributed by atoms with van der Waals surface area (Å²) < 4.78 is 10.0. The lowest BCUT2D eigenvalue weighted by Crippen LogP contribution is -2.10. The van der Waals surface area contributed by atoms with Crippen molar-refractivity contribution in [3.63, 3.8) is 0 Å². The highest BCUT2D eigenvalue weighted by Gasteiger charge is 2.11. The van der Waals surface area contributed by atoms with Crippen molar-refractivity contribution < 1.29 is 18.7 Å². The molecule has 0 spiro atoms. The van der Waals surface area contributed by atoms with Crippen LogP contribution < -0.4 is 10.1 Å². The Morgan fingerprint density at radius 1 is 1.21 bits per heavy atom. The highest BCUT2D eigenvalue weighted by atomic mass is 16.5. The van der Waals surface area contributed by atoms with Gasteiger partial charge in [-0.2, -0.15) is 0 Å². The van der Waals surface area contributed by atoms with Crippen LogP contribution in [0.2, 0.25) is 0 Å². The van der Waals surface area contributed by atoms with Gasteiger partial charge in [0.25, 0.3) is 0 Å². The molecule has 0 fully saturated rings. The van der Waals surface area contributed by atoms with Crippen molar-refractivity contribution in [1.82, 2.24) is 0 Å². The van der Waals surface area contributed by atoms with E-state index in [-0.39, 0.29) is 11.7 Å². The van der Waals surface area contributed by atoms with Gasteiger partial charge in [0.05, 0.1) is 6.26 Å². The van der Waals surface area contributed by atoms with E-state index < -0.39 is 5.97 Å². The summed E-state index contributed by atoms with van der Waals surface area (Å²) in [5.74, 6) is -0.102. The summed E-state index contributed by atoms with van der Waals surface area (Å²) in [6, 6.07) is 9.67. The van der Waals surface area contributed by atoms with Crippen molar-refractivity contribution in [3.8, 4) is 5.75 Å². The standard InChI is InChI=1S/C14H13NO4/c1-2-13(16)15-10-5-7-11(8-6-10)19-14(17)12-4-3-9-18-12/h3-9H,2H2,1H3,(H,15,16). The summed E-state index contributed by atoms with van der Waals surface area (Å²) in [5.41, 5.74) is 0.657. The molecule has 5 nitrogen and oxygen atoms in total. The number of hydrogen-bond donors (Lipinski definition) is 1. The number of benzene rings is 1. The molecule has 2 rings (SSSR count). The van der Waals surface area contributed by atoms with Crippen LogP contribution in [-0.2, 0) is 4.79 Å². The van der Waals surface area contributed by atoms with E-state index in [4.69, 9.17) is 9.15 Å². The lowest BCUT2D eigenvalue weighted by Gasteiger charge is -2.05. The number of esters is 1. The fourth-order valence-corrected chi connectivity index (χ4v) is 1.41. The number of carbonyl (C=O) groups is 2. The van der Waals surface area contributed by atoms with Gasteiger partial charge in [0.15, 0.2) is 0 Å². The molecular weight excluding hydrogens is 246 g/mol. The summed E-state index contributed by atoms with van der Waals surface area (Å²) in [6.45, 7) is 1.77. The number of amides is 1. The third kappa shape index (κ3) is 3.45. The number of anilines is 1. The van der Waals surface area contributed by atoms with Gasteiger partial charge in [-0.1, -0.05) is 6.92 Å². The number of furan rings is 1. The predicted octanol–water partition coefficient (Wildman–Crippen LogP) is 2.85. The Morgan fingerprint density at radius 2 is 1.95 bits per heavy atom. The molecule has 19 heavy (non-hydrogen) atoms. The molecule has 0 aliphatic rings. The molecule has 1 aromatic heterocycles. The average molecular weight is 259 g/mol. The molecule has 0 atom stereocenters. The van der Waals surface area contributed by atoms with E-state index in [1.807, 2.05) is 0 Å². The Kier molecular flexibility index (Phi) is 3.97. The first-order valence-electron chi connectivity index (χ1n) is 5.84. The molecule has 0 radical (unpaired) electrons. The minimum absolute atomic E-state index is 0.0691. The molecule has 0 aliphatic carbocycles. The maximum Gasteiger partial charge on any atom is 0.379 e. The molecular formula is C14H13NO4. The average Bonchev–Trinajstić information content (AvgIpc) is 2.95. The van der Waals surface area contributed by atoms with Crippen LogP contribution in [0.15, 0.2) is 47.1 Å². The third-order valence-electron chi connectivity index (χ3n) is 2.39. The van der Waals surface area contributed by atoms with E-state index in [1.165, 1.54) is 12.3 Å². The van der Waals surface area contributed by atoms with Crippen molar-refractivity contribution in [3.05, 3.63) is 48.4 Å². The number of nitrogens with one attached hydrogen (secondary N) is 1. The van der Waals surface area contributed by atoms with E-state index in [0.29, 0.717) is 17.9 Å². The first kappa shape index (κ1) is 12.9. The lowest BCUT2D eigenvalue weighted by molar-refractivity contribution is -0.115. The number of rotatable bonds is 4. The molecule has 0 saturated carbocycles. The van der Waals surface area contributed by atoms with E-state index in [9.17, 15) is 9.59 Å². The second kappa shape index (κ2) is 5.86. The minimum Gasteiger partial charge on any atom is -0.457 e. The maximum absolute atomic E-state index is 11.6. The van der Waals surface area contributed by atoms with E-state index in [2.05, 4.69) is 5.32 Å². The molecule has 1 aromatic carbocycles. The molecule has 1 amide bonds. The quantitative estimate of drug-likeness (QED) is 0.677. The van der Waals surface area contributed by atoms with Crippen molar-refractivity contribution in [2.45, 2.75) is 13.3 Å². The molecule has 0 aliphatic heterocycles. The van der Waals surface area contributed by atoms with Gasteiger partial charge in [0.1, 0.15) is 5.75 Å². The van der Waals surface area contributed by atoms with Gasteiger partial charge in [-0.05, 0) is 36.4 Å². The number of carbonyl (C=O) groups excluding carboxylic acids is 2. The van der Waals surface area contributed by atoms with Gasteiger partial charge in [-0.25, -0.2) is 4.79 Å². The zero-order valence-electron chi connectivity index (χ0n) is 10.4. The SMILES string of the molecule is CCC(=O)Nc1ccc(OC(=O)c2ccco2)cc1. The van der Waals surface area contributed by atoms with Crippen LogP contribution in [0.1, 0.15) is 23.9 Å². The van der Waals surface area contributed by atoms with Crippen LogP contribution >= 0.6 is 0 Å². The predicted molar refractivity (Wildman–Crippen MR) is 69.0 cm³/mol. The first-order chi connectivity index (χ1) is 9.19. The second-order valence-corrected chi connectivity index (χ2v) is 3.79. The number of hydrogen-bond acceptors (Lipinski definition) is 4. The summed E-state index contributed by atoms with van der Waals surface area (Å²) in [4.78, 5) is 22.8. The molecule has 0 bridgehead atoms. The molecule has 1 N–H and O–H groups in total. The summed E-state index contributed by atoms with van der Waals surface area (Å²) >= 11 is 0. The zero-order valence-corrected chi connectivity index (χ0v) is 10.4. The second-order valence-electron chi connectivity index (χ2n) is 3.79. The van der Waals surface area contributed by atoms with Crippen LogP contribution in [0.4, 0.5) is 5.69 Å². The largest absolute Gasteiger partial charge is 0.457 e. The van der Waals surface area contributed by atoms with Crippen molar-refractivity contribution in [2.75, 3.05) is 5.32 Å². The zero-order chi connectivity index (χ0) is 13.7. The van der Waals surface area contributed by atoms with Crippen molar-refractivity contribution >= 4 is 17.6 Å². The van der Waals surface area contributed by atoms with Crippen LogP contribution in [0.3, 0.4) is 0 Å². The Labute approximate surface area is 110 Å². The van der Waals surface area contributed by atoms with Gasteiger partial charge in [-0.3, -0.25) is 4.79 Å². The van der Waals surface area contributed by atoms with Gasteiger partial charge in [-0.15, -0.1) is 0 Å². The summed E-state index contributed by atoms with van der Waals surface area (Å²) in [6.07, 6.45) is 1.81. The van der Waals surface area contributed by atoms with Gasteiger partial charge < -0.3 is 14.5 Å². The minimum atomic E-state index is -0.560. The highest BCUT2D eigenvalue weighted by molar-refractivity contribution is 5.91. The Balaban J connectivity index is 1.99. The maximum atomic E-state index is 11.6. The summed E-state index contributed by atoms with van der Waals surface area (Å²) in [7, 11) is 0. The Bertz CT molecular complexity index is 558. The Morgan fingerprint density at radius 3 is 2.53 bits per heavy atom. The van der Waals surface area contributed by atoms with Crippen LogP contribution in [-0.4, -0.2) is 11.9 Å². The van der Waals surface area contributed by atoms with Crippen molar-refractivity contribution in [1.29, 1.82) is 0 Å². The lowest BCUT2D eigenvalue weighted by atomic mass is 10.3. The molecule has 0 unspecified atom stereocenters. The highest BCUT2D eigenvalue weighted by Crippen LogP contribution is 2.17. The molecule has 98 valence electrons. The van der Waals surface area contributed by atoms with E-state index in [0.717, 1.165) is 0 Å². The molecule has 2 aromatic rings. The number of ether oxygens (including phenoxy) is 1. The first-order valence-corrected chi connectivity index (χ1v) is 5.84. The van der Waals surface area contributed by atoms with Crippen LogP contribution in [0.25, 0.3) is 0 Å². The molecule has 1 heterocycles. The monoisotopic (exact) mass is 259 g/mol. The molecule has 5 heteroatoms. The van der Waals surface area contributed by atoms with Crippen LogP contribution in [0.5, 0.6) is 5.75 Å². The molecule has 0 saturated heterocycles. The van der Waals surface area contributed by atoms with Crippen molar-refractivity contribution in [2.24, 2.45) is 0 Å². The fraction of sp³-hybridized carbons (Fsp3) is 0.143. The smallest absolute Gasteiger partial charge is 0.379 e. The summed E-state index contributed by atoms with van der Waals surface area (Å²) in [5, 5.41) is 2.70. The van der Waals surface area contributed by atoms with E-state index in [1.54, 1.807) is 37.3 Å². The normalized spacial score (nSPS) is 9.95. The fourth-order valence-electron chi connectivity index (χ4n) is 1.41. The topological polar surface area (TPSA) is 68.5 Å². The van der Waals surface area contributed by atoms with Gasteiger partial charge in [0, 0.05) is 12.1 Å². The van der Waals surface area contributed by atoms with Gasteiger partial charge in [0.2, 0.25) is 11.7 Å². The third-order valence-corrected chi connectivity index (χ3v) is 2.39.